The Balaban J connectivity index is 2.86. The zero-order chi connectivity index (χ0) is 6.69. The summed E-state index contributed by atoms with van der Waals surface area (Å²) in [5, 5.41) is 0.803. The van der Waals surface area contributed by atoms with E-state index in [0.717, 1.165) is 11.3 Å². The molecule has 1 rings (SSSR count). The maximum absolute atomic E-state index is 10.1. The maximum atomic E-state index is 10.1. The molecule has 0 bridgehead atoms. The summed E-state index contributed by atoms with van der Waals surface area (Å²) in [6, 6.07) is 0. The van der Waals surface area contributed by atoms with Crippen molar-refractivity contribution in [2.75, 3.05) is 0 Å². The number of aldehydes is 1. The van der Waals surface area contributed by atoms with E-state index in [0.29, 0.717) is 11.4 Å². The van der Waals surface area contributed by atoms with Crippen LogP contribution in [-0.4, -0.2) is 11.3 Å². The fourth-order valence-electron chi connectivity index (χ4n) is 0.473. The van der Waals surface area contributed by atoms with Gasteiger partial charge in [-0.1, -0.05) is 0 Å². The lowest BCUT2D eigenvalue weighted by Crippen LogP contribution is -1.93. The predicted molar refractivity (Wildman–Crippen MR) is 35.4 cm³/mol. The average Bonchev–Trinajstić information content (AvgIpc) is 2.34. The third kappa shape index (κ3) is 1.34. The van der Waals surface area contributed by atoms with Crippen LogP contribution < -0.4 is 5.73 Å². The lowest BCUT2D eigenvalue weighted by Gasteiger charge is -1.79. The summed E-state index contributed by atoms with van der Waals surface area (Å²) in [6.45, 7) is 0.415. The summed E-state index contributed by atoms with van der Waals surface area (Å²) >= 11 is 1.33. The molecule has 0 atom stereocenters. The van der Waals surface area contributed by atoms with Crippen LogP contribution in [0.4, 0.5) is 0 Å². The molecule has 0 amide bonds. The number of rotatable bonds is 2. The van der Waals surface area contributed by atoms with Crippen LogP contribution in [0.5, 0.6) is 0 Å². The van der Waals surface area contributed by atoms with Crippen molar-refractivity contribution < 1.29 is 4.79 Å². The van der Waals surface area contributed by atoms with Crippen LogP contribution >= 0.6 is 11.3 Å². The highest BCUT2D eigenvalue weighted by Crippen LogP contribution is 2.08. The summed E-state index contributed by atoms with van der Waals surface area (Å²) in [6.07, 6.45) is 2.30. The minimum absolute atomic E-state index is 0.415. The number of nitrogens with zero attached hydrogens (tertiary/aromatic N) is 1. The van der Waals surface area contributed by atoms with Gasteiger partial charge in [-0.15, -0.1) is 11.3 Å². The van der Waals surface area contributed by atoms with Gasteiger partial charge in [0.25, 0.3) is 0 Å². The molecule has 0 saturated carbocycles. The van der Waals surface area contributed by atoms with Crippen LogP contribution in [0.15, 0.2) is 6.20 Å². The molecule has 0 saturated heterocycles. The van der Waals surface area contributed by atoms with E-state index in [1.807, 2.05) is 0 Å². The number of carbonyl (C=O) groups is 1. The normalized spacial score (nSPS) is 9.44. The van der Waals surface area contributed by atoms with Crippen molar-refractivity contribution in [2.24, 2.45) is 5.73 Å². The van der Waals surface area contributed by atoms with Crippen molar-refractivity contribution in [2.45, 2.75) is 6.54 Å². The maximum Gasteiger partial charge on any atom is 0.161 e. The molecule has 1 aromatic heterocycles. The molecule has 0 aromatic carbocycles. The van der Waals surface area contributed by atoms with E-state index >= 15 is 0 Å². The Hall–Kier alpha value is -0.740. The van der Waals surface area contributed by atoms with Gasteiger partial charge in [-0.3, -0.25) is 4.79 Å². The zero-order valence-corrected chi connectivity index (χ0v) is 5.52. The Morgan fingerprint density at radius 1 is 1.89 bits per heavy atom. The smallest absolute Gasteiger partial charge is 0.161 e. The van der Waals surface area contributed by atoms with Crippen molar-refractivity contribution in [3.05, 3.63) is 16.1 Å². The van der Waals surface area contributed by atoms with Gasteiger partial charge in [0, 0.05) is 12.7 Å². The first kappa shape index (κ1) is 6.38. The molecule has 9 heavy (non-hydrogen) atoms. The lowest BCUT2D eigenvalue weighted by molar-refractivity contribution is 0.112. The van der Waals surface area contributed by atoms with Crippen LogP contribution in [0.3, 0.4) is 0 Å². The molecule has 2 N–H and O–H groups in total. The Kier molecular flexibility index (Phi) is 1.92. The highest BCUT2D eigenvalue weighted by molar-refractivity contribution is 7.13. The third-order valence-corrected chi connectivity index (χ3v) is 1.81. The summed E-state index contributed by atoms with van der Waals surface area (Å²) in [7, 11) is 0. The van der Waals surface area contributed by atoms with Gasteiger partial charge < -0.3 is 5.73 Å². The molecule has 0 fully saturated rings. The van der Waals surface area contributed by atoms with Gasteiger partial charge in [0.2, 0.25) is 0 Å². The molecule has 0 radical (unpaired) electrons. The zero-order valence-electron chi connectivity index (χ0n) is 4.70. The lowest BCUT2D eigenvalue weighted by atomic mass is 10.6. The molecule has 4 heteroatoms. The van der Waals surface area contributed by atoms with Crippen molar-refractivity contribution in [3.8, 4) is 0 Å². The summed E-state index contributed by atoms with van der Waals surface area (Å²) < 4.78 is 0. The predicted octanol–water partition coefficient (Wildman–Crippen LogP) is 0.414. The number of nitrogens with two attached hydrogens (primary N) is 1. The average molecular weight is 142 g/mol. The van der Waals surface area contributed by atoms with Crippen molar-refractivity contribution in [3.63, 3.8) is 0 Å². The number of carbonyl (C=O) groups excluding carboxylic acids is 1. The highest BCUT2D eigenvalue weighted by atomic mass is 32.1. The van der Waals surface area contributed by atoms with E-state index in [2.05, 4.69) is 4.98 Å². The van der Waals surface area contributed by atoms with Crippen LogP contribution in [0.1, 0.15) is 14.7 Å². The molecule has 48 valence electrons. The van der Waals surface area contributed by atoms with Gasteiger partial charge >= 0.3 is 0 Å². The monoisotopic (exact) mass is 142 g/mol. The molecule has 3 nitrogen and oxygen atoms in total. The van der Waals surface area contributed by atoms with Gasteiger partial charge in [-0.25, -0.2) is 4.98 Å². The minimum Gasteiger partial charge on any atom is -0.325 e. The van der Waals surface area contributed by atoms with Crippen molar-refractivity contribution >= 4 is 17.6 Å². The Labute approximate surface area is 56.5 Å². The summed E-state index contributed by atoms with van der Waals surface area (Å²) in [4.78, 5) is 14.6. The van der Waals surface area contributed by atoms with E-state index in [1.54, 1.807) is 0 Å². The standard InChI is InChI=1S/C5H6N2OS/c6-1-5-7-2-4(3-8)9-5/h2-3H,1,6H2. The van der Waals surface area contributed by atoms with Crippen LogP contribution in [0, 0.1) is 0 Å². The molecule has 0 unspecified atom stereocenters. The molecule has 0 aliphatic rings. The van der Waals surface area contributed by atoms with Gasteiger partial charge in [-0.05, 0) is 0 Å². The Bertz CT molecular complexity index is 208. The van der Waals surface area contributed by atoms with Crippen molar-refractivity contribution in [1.29, 1.82) is 0 Å². The molecule has 0 spiro atoms. The number of hydrogen-bond acceptors (Lipinski definition) is 4. The van der Waals surface area contributed by atoms with E-state index in [1.165, 1.54) is 17.5 Å². The molecular formula is C5H6N2OS. The number of hydrogen-bond donors (Lipinski definition) is 1. The topological polar surface area (TPSA) is 56.0 Å². The second-order valence-corrected chi connectivity index (χ2v) is 2.63. The quantitative estimate of drug-likeness (QED) is 0.608. The van der Waals surface area contributed by atoms with Crippen LogP contribution in [0.25, 0.3) is 0 Å². The molecule has 0 aliphatic heterocycles. The van der Waals surface area contributed by atoms with E-state index in [9.17, 15) is 4.79 Å². The van der Waals surface area contributed by atoms with Gasteiger partial charge in [0.1, 0.15) is 5.01 Å². The Morgan fingerprint density at radius 2 is 2.67 bits per heavy atom. The SMILES string of the molecule is NCc1ncc(C=O)s1. The number of aromatic nitrogens is 1. The summed E-state index contributed by atoms with van der Waals surface area (Å²) in [5.41, 5.74) is 5.25. The van der Waals surface area contributed by atoms with Crippen LogP contribution in [0.2, 0.25) is 0 Å². The molecule has 1 aromatic rings. The minimum atomic E-state index is 0.415. The van der Waals surface area contributed by atoms with Crippen molar-refractivity contribution in [1.82, 2.24) is 4.98 Å². The van der Waals surface area contributed by atoms with Crippen LogP contribution in [-0.2, 0) is 6.54 Å². The third-order valence-electron chi connectivity index (χ3n) is 0.862. The molecule has 0 aliphatic carbocycles. The first-order valence-electron chi connectivity index (χ1n) is 2.46. The fourth-order valence-corrected chi connectivity index (χ4v) is 1.09. The molecule has 1 heterocycles. The summed E-state index contributed by atoms with van der Waals surface area (Å²) in [5.74, 6) is 0. The number of thiazole rings is 1. The second kappa shape index (κ2) is 2.70. The van der Waals surface area contributed by atoms with E-state index < -0.39 is 0 Å². The first-order chi connectivity index (χ1) is 4.36. The fraction of sp³-hybridized carbons (Fsp3) is 0.200. The van der Waals surface area contributed by atoms with E-state index in [4.69, 9.17) is 5.73 Å². The van der Waals surface area contributed by atoms with Gasteiger partial charge in [0.15, 0.2) is 6.29 Å². The first-order valence-corrected chi connectivity index (χ1v) is 3.28. The Morgan fingerprint density at radius 3 is 3.00 bits per heavy atom. The highest BCUT2D eigenvalue weighted by Gasteiger charge is 1.95. The molecular weight excluding hydrogens is 136 g/mol. The largest absolute Gasteiger partial charge is 0.325 e. The van der Waals surface area contributed by atoms with Gasteiger partial charge in [-0.2, -0.15) is 0 Å². The van der Waals surface area contributed by atoms with Gasteiger partial charge in [0.05, 0.1) is 4.88 Å². The van der Waals surface area contributed by atoms with E-state index in [-0.39, 0.29) is 0 Å². The second-order valence-electron chi connectivity index (χ2n) is 1.48.